The molecule has 0 aliphatic heterocycles. The molecule has 5 heteroatoms. The highest BCUT2D eigenvalue weighted by Crippen LogP contribution is 2.27. The second-order valence-electron chi connectivity index (χ2n) is 4.28. The number of aryl methyl sites for hydroxylation is 2. The second-order valence-corrected chi connectivity index (χ2v) is 5.06. The van der Waals surface area contributed by atoms with E-state index >= 15 is 0 Å². The van der Waals surface area contributed by atoms with Crippen LogP contribution in [0.1, 0.15) is 34.7 Å². The molecular weight excluding hydrogens is 249 g/mol. The van der Waals surface area contributed by atoms with Gasteiger partial charge in [-0.05, 0) is 55.2 Å². The summed E-state index contributed by atoms with van der Waals surface area (Å²) in [6.45, 7) is 6.66. The molecule has 18 heavy (non-hydrogen) atoms. The molecule has 0 amide bonds. The van der Waals surface area contributed by atoms with Crippen LogP contribution >= 0.6 is 11.5 Å². The Kier molecular flexibility index (Phi) is 4.04. The fourth-order valence-corrected chi connectivity index (χ4v) is 2.75. The zero-order valence-corrected chi connectivity index (χ0v) is 11.5. The third kappa shape index (κ3) is 2.73. The first kappa shape index (κ1) is 13.1. The molecule has 0 bridgehead atoms. The monoisotopic (exact) mass is 265 g/mol. The smallest absolute Gasteiger partial charge is 0.123 e. The van der Waals surface area contributed by atoms with Gasteiger partial charge in [-0.2, -0.15) is 0 Å². The molecule has 0 radical (unpaired) electrons. The number of aromatic nitrogens is 2. The fraction of sp³-hybridized carbons (Fsp3) is 0.385. The van der Waals surface area contributed by atoms with Gasteiger partial charge in [0.05, 0.1) is 16.6 Å². The Hall–Kier alpha value is -1.33. The fourth-order valence-electron chi connectivity index (χ4n) is 2.00. The number of halogens is 1. The van der Waals surface area contributed by atoms with Crippen LogP contribution in [0.25, 0.3) is 0 Å². The first-order valence-electron chi connectivity index (χ1n) is 5.91. The minimum atomic E-state index is -0.206. The zero-order valence-electron chi connectivity index (χ0n) is 10.7. The lowest BCUT2D eigenvalue weighted by Crippen LogP contribution is -2.22. The van der Waals surface area contributed by atoms with Crippen LogP contribution in [0.15, 0.2) is 18.2 Å². The molecule has 1 atom stereocenters. The standard InChI is InChI=1S/C13H16FN3S/c1-4-15-12(13-9(3)16-17-18-13)10-5-8(2)6-11(14)7-10/h5-7,12,15H,4H2,1-3H3. The van der Waals surface area contributed by atoms with E-state index < -0.39 is 0 Å². The van der Waals surface area contributed by atoms with Gasteiger partial charge in [-0.3, -0.25) is 0 Å². The van der Waals surface area contributed by atoms with Gasteiger partial charge in [0.15, 0.2) is 0 Å². The average Bonchev–Trinajstić information content (AvgIpc) is 2.71. The van der Waals surface area contributed by atoms with Crippen LogP contribution in [0.2, 0.25) is 0 Å². The lowest BCUT2D eigenvalue weighted by Gasteiger charge is -2.17. The summed E-state index contributed by atoms with van der Waals surface area (Å²) in [5, 5.41) is 7.39. The molecule has 1 aromatic carbocycles. The van der Waals surface area contributed by atoms with Gasteiger partial charge in [0.25, 0.3) is 0 Å². The number of nitrogens with zero attached hydrogens (tertiary/aromatic N) is 2. The summed E-state index contributed by atoms with van der Waals surface area (Å²) >= 11 is 1.36. The van der Waals surface area contributed by atoms with Crippen molar-refractivity contribution < 1.29 is 4.39 Å². The molecule has 0 saturated carbocycles. The van der Waals surface area contributed by atoms with Gasteiger partial charge in [0, 0.05) is 0 Å². The number of hydrogen-bond acceptors (Lipinski definition) is 4. The summed E-state index contributed by atoms with van der Waals surface area (Å²) in [4.78, 5) is 1.04. The maximum absolute atomic E-state index is 13.5. The summed E-state index contributed by atoms with van der Waals surface area (Å²) < 4.78 is 17.5. The highest BCUT2D eigenvalue weighted by Gasteiger charge is 2.19. The van der Waals surface area contributed by atoms with Crippen molar-refractivity contribution in [2.45, 2.75) is 26.8 Å². The Morgan fingerprint density at radius 3 is 2.67 bits per heavy atom. The Morgan fingerprint density at radius 2 is 2.11 bits per heavy atom. The topological polar surface area (TPSA) is 37.8 Å². The van der Waals surface area contributed by atoms with Crippen molar-refractivity contribution in [2.75, 3.05) is 6.54 Å². The van der Waals surface area contributed by atoms with Crippen molar-refractivity contribution in [3.8, 4) is 0 Å². The number of benzene rings is 1. The molecular formula is C13H16FN3S. The predicted molar refractivity (Wildman–Crippen MR) is 71.3 cm³/mol. The summed E-state index contributed by atoms with van der Waals surface area (Å²) in [7, 11) is 0. The first-order chi connectivity index (χ1) is 8.61. The maximum Gasteiger partial charge on any atom is 0.123 e. The van der Waals surface area contributed by atoms with E-state index in [-0.39, 0.29) is 11.9 Å². The lowest BCUT2D eigenvalue weighted by molar-refractivity contribution is 0.604. The summed E-state index contributed by atoms with van der Waals surface area (Å²) in [6, 6.07) is 5.06. The van der Waals surface area contributed by atoms with Crippen molar-refractivity contribution in [1.82, 2.24) is 14.9 Å². The van der Waals surface area contributed by atoms with E-state index in [4.69, 9.17) is 0 Å². The van der Waals surface area contributed by atoms with Crippen LogP contribution in [0, 0.1) is 19.7 Å². The zero-order chi connectivity index (χ0) is 13.1. The molecule has 96 valence electrons. The van der Waals surface area contributed by atoms with Gasteiger partial charge in [-0.25, -0.2) is 4.39 Å². The van der Waals surface area contributed by atoms with E-state index in [0.717, 1.165) is 28.2 Å². The van der Waals surface area contributed by atoms with Crippen molar-refractivity contribution in [3.05, 3.63) is 45.7 Å². The van der Waals surface area contributed by atoms with E-state index in [1.54, 1.807) is 6.07 Å². The van der Waals surface area contributed by atoms with Crippen molar-refractivity contribution in [3.63, 3.8) is 0 Å². The molecule has 3 nitrogen and oxygen atoms in total. The number of rotatable bonds is 4. The van der Waals surface area contributed by atoms with E-state index in [1.807, 2.05) is 26.8 Å². The number of hydrogen-bond donors (Lipinski definition) is 1. The van der Waals surface area contributed by atoms with Crippen LogP contribution in [0.5, 0.6) is 0 Å². The molecule has 0 fully saturated rings. The molecule has 1 aromatic heterocycles. The van der Waals surface area contributed by atoms with E-state index in [2.05, 4.69) is 14.9 Å². The third-order valence-corrected chi connectivity index (χ3v) is 3.65. The Morgan fingerprint density at radius 1 is 1.33 bits per heavy atom. The quantitative estimate of drug-likeness (QED) is 0.923. The molecule has 1 N–H and O–H groups in total. The maximum atomic E-state index is 13.5. The predicted octanol–water partition coefficient (Wildman–Crippen LogP) is 2.99. The van der Waals surface area contributed by atoms with E-state index in [1.165, 1.54) is 17.6 Å². The Bertz CT molecular complexity index is 519. The van der Waals surface area contributed by atoms with Crippen LogP contribution in [-0.4, -0.2) is 16.1 Å². The van der Waals surface area contributed by atoms with Gasteiger partial charge in [0.2, 0.25) is 0 Å². The summed E-state index contributed by atoms with van der Waals surface area (Å²) in [5.74, 6) is -0.206. The van der Waals surface area contributed by atoms with Crippen molar-refractivity contribution in [2.24, 2.45) is 0 Å². The largest absolute Gasteiger partial charge is 0.306 e. The molecule has 0 saturated heterocycles. The second kappa shape index (κ2) is 5.54. The lowest BCUT2D eigenvalue weighted by atomic mass is 10.0. The van der Waals surface area contributed by atoms with Crippen molar-refractivity contribution in [1.29, 1.82) is 0 Å². The normalized spacial score (nSPS) is 12.7. The Balaban J connectivity index is 2.44. The summed E-state index contributed by atoms with van der Waals surface area (Å²) in [5.41, 5.74) is 2.74. The molecule has 1 heterocycles. The minimum Gasteiger partial charge on any atom is -0.306 e. The molecule has 2 aromatic rings. The third-order valence-electron chi connectivity index (χ3n) is 2.75. The minimum absolute atomic E-state index is 0.0376. The van der Waals surface area contributed by atoms with Gasteiger partial charge in [-0.1, -0.05) is 17.5 Å². The van der Waals surface area contributed by atoms with Gasteiger partial charge < -0.3 is 5.32 Å². The summed E-state index contributed by atoms with van der Waals surface area (Å²) in [6.07, 6.45) is 0. The molecule has 1 unspecified atom stereocenters. The molecule has 0 spiro atoms. The van der Waals surface area contributed by atoms with Crippen LogP contribution in [0.4, 0.5) is 4.39 Å². The molecule has 2 rings (SSSR count). The van der Waals surface area contributed by atoms with E-state index in [9.17, 15) is 4.39 Å². The van der Waals surface area contributed by atoms with E-state index in [0.29, 0.717) is 0 Å². The van der Waals surface area contributed by atoms with Crippen molar-refractivity contribution >= 4 is 11.5 Å². The number of nitrogens with one attached hydrogen (secondary N) is 1. The average molecular weight is 265 g/mol. The molecule has 0 aliphatic rings. The SMILES string of the molecule is CCNC(c1cc(C)cc(F)c1)c1snnc1C. The van der Waals surface area contributed by atoms with Crippen LogP contribution in [-0.2, 0) is 0 Å². The molecule has 0 aliphatic carbocycles. The first-order valence-corrected chi connectivity index (χ1v) is 6.68. The van der Waals surface area contributed by atoms with Gasteiger partial charge >= 0.3 is 0 Å². The highest BCUT2D eigenvalue weighted by molar-refractivity contribution is 7.05. The van der Waals surface area contributed by atoms with Gasteiger partial charge in [-0.15, -0.1) is 5.10 Å². The van der Waals surface area contributed by atoms with Crippen LogP contribution < -0.4 is 5.32 Å². The highest BCUT2D eigenvalue weighted by atomic mass is 32.1. The Labute approximate surface area is 110 Å². The van der Waals surface area contributed by atoms with Gasteiger partial charge in [0.1, 0.15) is 5.82 Å². The van der Waals surface area contributed by atoms with Crippen LogP contribution in [0.3, 0.4) is 0 Å².